The molecule has 2 rings (SSSR count). The summed E-state index contributed by atoms with van der Waals surface area (Å²) >= 11 is 6.00. The molecule has 0 amide bonds. The molecule has 0 radical (unpaired) electrons. The summed E-state index contributed by atoms with van der Waals surface area (Å²) in [5, 5.41) is 0.0296. The van der Waals surface area contributed by atoms with Gasteiger partial charge in [-0.15, -0.1) is 0 Å². The Kier molecular flexibility index (Phi) is 6.75. The van der Waals surface area contributed by atoms with Gasteiger partial charge >= 0.3 is 5.97 Å². The molecule has 1 atom stereocenters. The van der Waals surface area contributed by atoms with E-state index < -0.39 is 22.1 Å². The van der Waals surface area contributed by atoms with E-state index in [2.05, 4.69) is 4.72 Å². The van der Waals surface area contributed by atoms with E-state index >= 15 is 0 Å². The van der Waals surface area contributed by atoms with E-state index in [0.717, 1.165) is 18.1 Å². The van der Waals surface area contributed by atoms with E-state index in [0.29, 0.717) is 5.56 Å². The average molecular weight is 410 g/mol. The number of rotatable bonds is 7. The number of benzene rings is 2. The van der Waals surface area contributed by atoms with Gasteiger partial charge in [-0.1, -0.05) is 42.8 Å². The number of ether oxygens (including phenoxy) is 1. The van der Waals surface area contributed by atoms with Gasteiger partial charge in [-0.05, 0) is 44.2 Å². The molecule has 0 fully saturated rings. The second kappa shape index (κ2) is 8.65. The van der Waals surface area contributed by atoms with Crippen molar-refractivity contribution in [3.8, 4) is 0 Å². The van der Waals surface area contributed by atoms with Crippen LogP contribution in [-0.4, -0.2) is 33.3 Å². The van der Waals surface area contributed by atoms with Crippen LogP contribution in [0.5, 0.6) is 0 Å². The second-order valence-corrected chi connectivity index (χ2v) is 8.11. The van der Waals surface area contributed by atoms with Crippen molar-refractivity contribution >= 4 is 33.4 Å². The molecule has 1 N–H and O–H groups in total. The van der Waals surface area contributed by atoms with Crippen LogP contribution in [0.15, 0.2) is 47.4 Å². The van der Waals surface area contributed by atoms with E-state index in [1.165, 1.54) is 26.1 Å². The Morgan fingerprint density at radius 2 is 1.78 bits per heavy atom. The minimum Gasteiger partial charge on any atom is -0.451 e. The quantitative estimate of drug-likeness (QED) is 0.560. The summed E-state index contributed by atoms with van der Waals surface area (Å²) in [4.78, 5) is 24.7. The van der Waals surface area contributed by atoms with E-state index in [9.17, 15) is 18.0 Å². The standard InChI is InChI=1S/C19H20ClNO5S/c1-4-13-5-7-14(8-6-13)18(22)12(2)26-19(23)16-11-15(9-10-17(16)20)27(24,25)21-3/h5-12,21H,4H2,1-3H3/t12-/m1/s1. The minimum absolute atomic E-state index is 0.0296. The van der Waals surface area contributed by atoms with E-state index in [4.69, 9.17) is 16.3 Å². The molecule has 0 saturated heterocycles. The van der Waals surface area contributed by atoms with Gasteiger partial charge in [0.15, 0.2) is 6.10 Å². The number of hydrogen-bond donors (Lipinski definition) is 1. The Morgan fingerprint density at radius 3 is 2.33 bits per heavy atom. The van der Waals surface area contributed by atoms with Gasteiger partial charge in [0.1, 0.15) is 0 Å². The van der Waals surface area contributed by atoms with E-state index in [1.807, 2.05) is 19.1 Å². The first-order chi connectivity index (χ1) is 12.7. The number of sulfonamides is 1. The highest BCUT2D eigenvalue weighted by Gasteiger charge is 2.23. The van der Waals surface area contributed by atoms with Gasteiger partial charge < -0.3 is 4.74 Å². The molecule has 0 aliphatic carbocycles. The molecule has 0 unspecified atom stereocenters. The predicted molar refractivity (Wildman–Crippen MR) is 103 cm³/mol. The molecule has 0 saturated carbocycles. The number of nitrogens with one attached hydrogen (secondary N) is 1. The molecule has 0 heterocycles. The molecular formula is C19H20ClNO5S. The van der Waals surface area contributed by atoms with Gasteiger partial charge in [-0.25, -0.2) is 17.9 Å². The van der Waals surface area contributed by atoms with Crippen molar-refractivity contribution in [3.05, 3.63) is 64.2 Å². The van der Waals surface area contributed by atoms with Crippen LogP contribution in [0.25, 0.3) is 0 Å². The second-order valence-electron chi connectivity index (χ2n) is 5.81. The van der Waals surface area contributed by atoms with Gasteiger partial charge in [0.25, 0.3) is 0 Å². The third-order valence-corrected chi connectivity index (χ3v) is 5.78. The number of carbonyl (C=O) groups is 2. The lowest BCUT2D eigenvalue weighted by molar-refractivity contribution is 0.0318. The highest BCUT2D eigenvalue weighted by molar-refractivity contribution is 7.89. The lowest BCUT2D eigenvalue weighted by Gasteiger charge is -2.14. The summed E-state index contributed by atoms with van der Waals surface area (Å²) in [6, 6.07) is 10.7. The normalized spacial score (nSPS) is 12.4. The maximum absolute atomic E-state index is 12.5. The number of halogens is 1. The van der Waals surface area contributed by atoms with Crippen LogP contribution in [0.4, 0.5) is 0 Å². The van der Waals surface area contributed by atoms with E-state index in [-0.39, 0.29) is 21.3 Å². The minimum atomic E-state index is -3.75. The zero-order chi connectivity index (χ0) is 20.2. The predicted octanol–water partition coefficient (Wildman–Crippen LogP) is 3.24. The number of hydrogen-bond acceptors (Lipinski definition) is 5. The van der Waals surface area contributed by atoms with Gasteiger partial charge in [0.2, 0.25) is 15.8 Å². The molecule has 2 aromatic rings. The summed E-state index contributed by atoms with van der Waals surface area (Å²) < 4.78 is 31.1. The maximum Gasteiger partial charge on any atom is 0.340 e. The molecule has 8 heteroatoms. The van der Waals surface area contributed by atoms with Gasteiger partial charge in [-0.3, -0.25) is 4.79 Å². The number of Topliss-reactive ketones (excluding diaryl/α,β-unsaturated/α-hetero) is 1. The molecule has 0 aliphatic heterocycles. The molecule has 0 spiro atoms. The Morgan fingerprint density at radius 1 is 1.15 bits per heavy atom. The molecule has 0 aromatic heterocycles. The first kappa shape index (κ1) is 21.1. The lowest BCUT2D eigenvalue weighted by atomic mass is 10.0. The lowest BCUT2D eigenvalue weighted by Crippen LogP contribution is -2.25. The van der Waals surface area contributed by atoms with Crippen molar-refractivity contribution in [2.75, 3.05) is 7.05 Å². The van der Waals surface area contributed by atoms with Crippen molar-refractivity contribution in [3.63, 3.8) is 0 Å². The Balaban J connectivity index is 2.20. The Bertz CT molecular complexity index is 955. The van der Waals surface area contributed by atoms with Gasteiger partial charge in [0.05, 0.1) is 15.5 Å². The largest absolute Gasteiger partial charge is 0.451 e. The third kappa shape index (κ3) is 4.94. The average Bonchev–Trinajstić information content (AvgIpc) is 2.67. The topological polar surface area (TPSA) is 89.5 Å². The van der Waals surface area contributed by atoms with Crippen molar-refractivity contribution in [2.24, 2.45) is 0 Å². The van der Waals surface area contributed by atoms with Crippen LogP contribution in [0.1, 0.15) is 40.1 Å². The number of esters is 1. The third-order valence-electron chi connectivity index (χ3n) is 4.04. The zero-order valence-corrected chi connectivity index (χ0v) is 16.7. The van der Waals surface area contributed by atoms with Crippen molar-refractivity contribution in [1.82, 2.24) is 4.72 Å². The molecule has 0 aliphatic rings. The van der Waals surface area contributed by atoms with Crippen LogP contribution < -0.4 is 4.72 Å². The maximum atomic E-state index is 12.5. The van der Waals surface area contributed by atoms with E-state index in [1.54, 1.807) is 12.1 Å². The van der Waals surface area contributed by atoms with Gasteiger partial charge in [-0.2, -0.15) is 0 Å². The van der Waals surface area contributed by atoms with Crippen LogP contribution in [0.3, 0.4) is 0 Å². The highest BCUT2D eigenvalue weighted by Crippen LogP contribution is 2.22. The molecule has 144 valence electrons. The molecule has 6 nitrogen and oxygen atoms in total. The van der Waals surface area contributed by atoms with Crippen LogP contribution in [-0.2, 0) is 21.2 Å². The Hall–Kier alpha value is -2.22. The molecular weight excluding hydrogens is 390 g/mol. The summed E-state index contributed by atoms with van der Waals surface area (Å²) in [5.41, 5.74) is 1.38. The fourth-order valence-corrected chi connectivity index (χ4v) is 3.31. The summed E-state index contributed by atoms with van der Waals surface area (Å²) in [6.45, 7) is 3.46. The zero-order valence-electron chi connectivity index (χ0n) is 15.2. The summed E-state index contributed by atoms with van der Waals surface area (Å²) in [5.74, 6) is -1.24. The van der Waals surface area contributed by atoms with Crippen LogP contribution in [0.2, 0.25) is 5.02 Å². The molecule has 27 heavy (non-hydrogen) atoms. The highest BCUT2D eigenvalue weighted by atomic mass is 35.5. The number of aryl methyl sites for hydroxylation is 1. The first-order valence-corrected chi connectivity index (χ1v) is 10.1. The van der Waals surface area contributed by atoms with Crippen molar-refractivity contribution in [2.45, 2.75) is 31.3 Å². The number of carbonyl (C=O) groups excluding carboxylic acids is 2. The van der Waals surface area contributed by atoms with Crippen molar-refractivity contribution < 1.29 is 22.7 Å². The molecule has 2 aromatic carbocycles. The SMILES string of the molecule is CCc1ccc(C(=O)[C@@H](C)OC(=O)c2cc(S(=O)(=O)NC)ccc2Cl)cc1. The Labute approximate surface area is 163 Å². The van der Waals surface area contributed by atoms with Crippen LogP contribution in [0, 0.1) is 0 Å². The first-order valence-electron chi connectivity index (χ1n) is 8.26. The summed E-state index contributed by atoms with van der Waals surface area (Å²) in [7, 11) is -2.49. The fraction of sp³-hybridized carbons (Fsp3) is 0.263. The smallest absolute Gasteiger partial charge is 0.340 e. The van der Waals surface area contributed by atoms with Gasteiger partial charge in [0, 0.05) is 5.56 Å². The van der Waals surface area contributed by atoms with Crippen LogP contribution >= 0.6 is 11.6 Å². The molecule has 0 bridgehead atoms. The monoisotopic (exact) mass is 409 g/mol. The summed E-state index contributed by atoms with van der Waals surface area (Å²) in [6.07, 6.45) is -0.200. The fourth-order valence-electron chi connectivity index (χ4n) is 2.36. The number of ketones is 1. The van der Waals surface area contributed by atoms with Crippen molar-refractivity contribution in [1.29, 1.82) is 0 Å².